The zero-order chi connectivity index (χ0) is 7.83. The van der Waals surface area contributed by atoms with E-state index in [0.29, 0.717) is 0 Å². The molecule has 0 bridgehead atoms. The van der Waals surface area contributed by atoms with Crippen LogP contribution in [-0.2, 0) is 4.57 Å². The van der Waals surface area contributed by atoms with E-state index < -0.39 is 13.0 Å². The second kappa shape index (κ2) is 1.99. The van der Waals surface area contributed by atoms with Crippen LogP contribution in [0.4, 0.5) is 0 Å². The molecule has 0 spiro atoms. The first-order chi connectivity index (χ1) is 4.46. The number of rotatable bonds is 1. The second-order valence-corrected chi connectivity index (χ2v) is 4.22. The summed E-state index contributed by atoms with van der Waals surface area (Å²) in [7, 11) is -4.11. The number of hydrogen-bond acceptors (Lipinski definition) is 3. The quantitative estimate of drug-likeness (QED) is 0.393. The van der Waals surface area contributed by atoms with E-state index >= 15 is 0 Å². The second-order valence-electron chi connectivity index (χ2n) is 2.24. The van der Waals surface area contributed by atoms with Gasteiger partial charge in [0.15, 0.2) is 0 Å². The standard InChI is InChI=1S/C4H9N2O3P/c1-4(10(7,8)9)5-2-3-6-4/h2-3,5-6H,1H3,(H2,7,8,9). The summed E-state index contributed by atoms with van der Waals surface area (Å²) in [6, 6.07) is 0. The van der Waals surface area contributed by atoms with Crippen molar-refractivity contribution < 1.29 is 14.4 Å². The van der Waals surface area contributed by atoms with Gasteiger partial charge in [0.1, 0.15) is 0 Å². The van der Waals surface area contributed by atoms with Gasteiger partial charge >= 0.3 is 7.60 Å². The smallest absolute Gasteiger partial charge is 0.358 e. The molecule has 1 aliphatic heterocycles. The summed E-state index contributed by atoms with van der Waals surface area (Å²) in [6.45, 7) is 1.40. The zero-order valence-electron chi connectivity index (χ0n) is 5.40. The number of nitrogens with one attached hydrogen (secondary N) is 2. The van der Waals surface area contributed by atoms with E-state index in [1.165, 1.54) is 19.3 Å². The normalized spacial score (nSPS) is 21.9. The van der Waals surface area contributed by atoms with Gasteiger partial charge in [0, 0.05) is 12.4 Å². The highest BCUT2D eigenvalue weighted by Crippen LogP contribution is 2.47. The fraction of sp³-hybridized carbons (Fsp3) is 0.500. The summed E-state index contributed by atoms with van der Waals surface area (Å²) in [5.41, 5.74) is 0. The van der Waals surface area contributed by atoms with Gasteiger partial charge in [0.2, 0.25) is 5.40 Å². The molecule has 0 unspecified atom stereocenters. The lowest BCUT2D eigenvalue weighted by molar-refractivity contribution is 0.312. The molecule has 1 aliphatic rings. The van der Waals surface area contributed by atoms with E-state index in [1.54, 1.807) is 0 Å². The van der Waals surface area contributed by atoms with Gasteiger partial charge in [0.25, 0.3) is 0 Å². The molecule has 0 aliphatic carbocycles. The summed E-state index contributed by atoms with van der Waals surface area (Å²) in [5.74, 6) is 0. The zero-order valence-corrected chi connectivity index (χ0v) is 6.30. The van der Waals surface area contributed by atoms with Crippen molar-refractivity contribution >= 4 is 7.60 Å². The molecule has 0 aromatic heterocycles. The van der Waals surface area contributed by atoms with Crippen LogP contribution in [0.2, 0.25) is 0 Å². The van der Waals surface area contributed by atoms with Crippen molar-refractivity contribution in [2.24, 2.45) is 0 Å². The van der Waals surface area contributed by atoms with Gasteiger partial charge in [0.05, 0.1) is 0 Å². The average molecular weight is 164 g/mol. The predicted octanol–water partition coefficient (Wildman–Crippen LogP) is -0.498. The molecule has 1 heterocycles. The molecule has 0 aromatic carbocycles. The minimum atomic E-state index is -4.11. The molecule has 0 radical (unpaired) electrons. The van der Waals surface area contributed by atoms with Crippen molar-refractivity contribution in [1.82, 2.24) is 10.6 Å². The van der Waals surface area contributed by atoms with Gasteiger partial charge in [-0.1, -0.05) is 0 Å². The van der Waals surface area contributed by atoms with Gasteiger partial charge in [-0.3, -0.25) is 4.57 Å². The van der Waals surface area contributed by atoms with Crippen LogP contribution >= 0.6 is 7.60 Å². The average Bonchev–Trinajstić information content (AvgIpc) is 2.13. The highest BCUT2D eigenvalue weighted by Gasteiger charge is 2.42. The SMILES string of the molecule is CC1(P(=O)(O)O)NC=CN1. The molecule has 0 atom stereocenters. The van der Waals surface area contributed by atoms with Gasteiger partial charge in [-0.25, -0.2) is 0 Å². The Bertz CT molecular complexity index is 201. The van der Waals surface area contributed by atoms with E-state index in [4.69, 9.17) is 9.79 Å². The fourth-order valence-corrected chi connectivity index (χ4v) is 1.10. The molecule has 0 fully saturated rings. The Morgan fingerprint density at radius 1 is 1.40 bits per heavy atom. The summed E-state index contributed by atoms with van der Waals surface area (Å²) in [4.78, 5) is 17.4. The molecule has 10 heavy (non-hydrogen) atoms. The Morgan fingerprint density at radius 3 is 2.00 bits per heavy atom. The summed E-state index contributed by atoms with van der Waals surface area (Å²) in [5, 5.41) is 3.72. The van der Waals surface area contributed by atoms with Crippen LogP contribution < -0.4 is 10.6 Å². The monoisotopic (exact) mass is 164 g/mol. The molecule has 6 heteroatoms. The van der Waals surface area contributed by atoms with Gasteiger partial charge in [-0.15, -0.1) is 0 Å². The van der Waals surface area contributed by atoms with Crippen LogP contribution in [0, 0.1) is 0 Å². The lowest BCUT2D eigenvalue weighted by atomic mass is 10.6. The van der Waals surface area contributed by atoms with Crippen LogP contribution in [0.25, 0.3) is 0 Å². The molecule has 0 saturated carbocycles. The molecule has 1 rings (SSSR count). The van der Waals surface area contributed by atoms with Crippen LogP contribution in [-0.4, -0.2) is 15.2 Å². The van der Waals surface area contributed by atoms with Crippen molar-refractivity contribution in [2.75, 3.05) is 0 Å². The van der Waals surface area contributed by atoms with E-state index in [0.717, 1.165) is 0 Å². The maximum absolute atomic E-state index is 10.7. The lowest BCUT2D eigenvalue weighted by Crippen LogP contribution is -2.45. The van der Waals surface area contributed by atoms with Crippen LogP contribution in [0.3, 0.4) is 0 Å². The first-order valence-electron chi connectivity index (χ1n) is 2.72. The van der Waals surface area contributed by atoms with Crippen molar-refractivity contribution in [1.29, 1.82) is 0 Å². The first-order valence-corrected chi connectivity index (χ1v) is 4.33. The maximum Gasteiger partial charge on any atom is 0.370 e. The Labute approximate surface area is 58.3 Å². The first kappa shape index (κ1) is 7.60. The highest BCUT2D eigenvalue weighted by molar-refractivity contribution is 7.53. The Balaban J connectivity index is 2.81. The predicted molar refractivity (Wildman–Crippen MR) is 35.9 cm³/mol. The molecule has 0 aromatic rings. The Kier molecular flexibility index (Phi) is 1.51. The van der Waals surface area contributed by atoms with Crippen molar-refractivity contribution in [3.63, 3.8) is 0 Å². The van der Waals surface area contributed by atoms with E-state index in [2.05, 4.69) is 10.6 Å². The van der Waals surface area contributed by atoms with E-state index in [-0.39, 0.29) is 0 Å². The number of hydrogen-bond donors (Lipinski definition) is 4. The molecule has 58 valence electrons. The fourth-order valence-electron chi connectivity index (χ4n) is 0.618. The van der Waals surface area contributed by atoms with Crippen LogP contribution in [0.15, 0.2) is 12.4 Å². The molecule has 4 N–H and O–H groups in total. The largest absolute Gasteiger partial charge is 0.370 e. The third-order valence-electron chi connectivity index (χ3n) is 1.39. The molecular weight excluding hydrogens is 155 g/mol. The van der Waals surface area contributed by atoms with Gasteiger partial charge in [-0.05, 0) is 6.92 Å². The maximum atomic E-state index is 10.7. The van der Waals surface area contributed by atoms with Gasteiger partial charge < -0.3 is 20.4 Å². The van der Waals surface area contributed by atoms with Gasteiger partial charge in [-0.2, -0.15) is 0 Å². The molecule has 5 nitrogen and oxygen atoms in total. The van der Waals surface area contributed by atoms with E-state index in [9.17, 15) is 4.57 Å². The molecule has 0 saturated heterocycles. The summed E-state index contributed by atoms with van der Waals surface area (Å²) in [6.07, 6.45) is 2.91. The minimum Gasteiger partial charge on any atom is -0.358 e. The molecular formula is C4H9N2O3P. The van der Waals surface area contributed by atoms with Crippen molar-refractivity contribution in [3.8, 4) is 0 Å². The van der Waals surface area contributed by atoms with Crippen molar-refractivity contribution in [3.05, 3.63) is 12.4 Å². The highest BCUT2D eigenvalue weighted by atomic mass is 31.2. The Morgan fingerprint density at radius 2 is 1.80 bits per heavy atom. The Hall–Kier alpha value is -0.510. The molecule has 0 amide bonds. The minimum absolute atomic E-state index is 1.31. The lowest BCUT2D eigenvalue weighted by Gasteiger charge is -2.26. The summed E-state index contributed by atoms with van der Waals surface area (Å²) >= 11 is 0. The third-order valence-corrected chi connectivity index (χ3v) is 2.82. The van der Waals surface area contributed by atoms with Crippen LogP contribution in [0.5, 0.6) is 0 Å². The van der Waals surface area contributed by atoms with Crippen molar-refractivity contribution in [2.45, 2.75) is 12.3 Å². The third kappa shape index (κ3) is 1.03. The van der Waals surface area contributed by atoms with E-state index in [1.807, 2.05) is 0 Å². The summed E-state index contributed by atoms with van der Waals surface area (Å²) < 4.78 is 10.7. The van der Waals surface area contributed by atoms with Crippen LogP contribution in [0.1, 0.15) is 6.92 Å². The topological polar surface area (TPSA) is 81.6 Å².